The van der Waals surface area contributed by atoms with Gasteiger partial charge in [-0.3, -0.25) is 0 Å². The molecule has 0 amide bonds. The Morgan fingerprint density at radius 2 is 2.21 bits per heavy atom. The van der Waals surface area contributed by atoms with E-state index in [-0.39, 0.29) is 0 Å². The predicted molar refractivity (Wildman–Crippen MR) is 85.6 cm³/mol. The van der Waals surface area contributed by atoms with E-state index in [9.17, 15) is 0 Å². The average molecular weight is 309 g/mol. The quantitative estimate of drug-likeness (QED) is 0.681. The van der Waals surface area contributed by atoms with Crippen molar-refractivity contribution >= 4 is 49.6 Å². The molecule has 2 nitrogen and oxygen atoms in total. The zero-order valence-electron chi connectivity index (χ0n) is 10.4. The molecule has 0 radical (unpaired) electrons. The second-order valence-electron chi connectivity index (χ2n) is 4.23. The van der Waals surface area contributed by atoms with Crippen molar-refractivity contribution in [3.63, 3.8) is 0 Å². The second kappa shape index (κ2) is 5.49. The maximum atomic E-state index is 6.19. The van der Waals surface area contributed by atoms with Crippen LogP contribution in [0.1, 0.15) is 24.3 Å². The fourth-order valence-electron chi connectivity index (χ4n) is 1.99. The smallest absolute Gasteiger partial charge is 0.184 e. The van der Waals surface area contributed by atoms with Gasteiger partial charge in [-0.1, -0.05) is 42.0 Å². The first kappa shape index (κ1) is 12.9. The van der Waals surface area contributed by atoms with E-state index in [4.69, 9.17) is 11.6 Å². The van der Waals surface area contributed by atoms with Crippen molar-refractivity contribution in [3.8, 4) is 0 Å². The highest BCUT2D eigenvalue weighted by Gasteiger charge is 2.13. The molecule has 0 saturated heterocycles. The van der Waals surface area contributed by atoms with Gasteiger partial charge in [-0.05, 0) is 30.0 Å². The molecule has 0 saturated carbocycles. The van der Waals surface area contributed by atoms with Crippen molar-refractivity contribution in [2.24, 2.45) is 0 Å². The summed E-state index contributed by atoms with van der Waals surface area (Å²) >= 11 is 9.57. The minimum atomic E-state index is 0.319. The summed E-state index contributed by atoms with van der Waals surface area (Å²) in [5.74, 6) is 0. The number of hydrogen-bond donors (Lipinski definition) is 1. The van der Waals surface area contributed by atoms with E-state index in [1.54, 1.807) is 22.7 Å². The number of halogens is 1. The van der Waals surface area contributed by atoms with Crippen LogP contribution in [0.5, 0.6) is 0 Å². The van der Waals surface area contributed by atoms with Crippen LogP contribution in [0, 0.1) is 0 Å². The monoisotopic (exact) mass is 308 g/mol. The van der Waals surface area contributed by atoms with Crippen molar-refractivity contribution in [2.75, 3.05) is 5.32 Å². The highest BCUT2D eigenvalue weighted by atomic mass is 35.5. The van der Waals surface area contributed by atoms with Gasteiger partial charge in [0, 0.05) is 4.88 Å². The van der Waals surface area contributed by atoms with Crippen LogP contribution >= 0.6 is 34.3 Å². The third-order valence-corrected chi connectivity index (χ3v) is 5.41. The number of nitrogens with zero attached hydrogens (tertiary/aromatic N) is 1. The molecule has 1 N–H and O–H groups in total. The summed E-state index contributed by atoms with van der Waals surface area (Å²) in [6.45, 7) is 2.18. The molecular weight excluding hydrogens is 296 g/mol. The first-order valence-electron chi connectivity index (χ1n) is 6.13. The SMILES string of the molecule is CCC(Nc1nc2cccc(Cl)c2s1)c1cccs1. The molecule has 19 heavy (non-hydrogen) atoms. The minimum absolute atomic E-state index is 0.319. The summed E-state index contributed by atoms with van der Waals surface area (Å²) in [5, 5.41) is 7.32. The van der Waals surface area contributed by atoms with E-state index >= 15 is 0 Å². The number of hydrogen-bond acceptors (Lipinski definition) is 4. The van der Waals surface area contributed by atoms with Crippen LogP contribution in [-0.2, 0) is 0 Å². The Hall–Kier alpha value is -1.10. The van der Waals surface area contributed by atoms with Crippen LogP contribution in [0.2, 0.25) is 5.02 Å². The van der Waals surface area contributed by atoms with Crippen molar-refractivity contribution in [1.29, 1.82) is 0 Å². The number of anilines is 1. The molecule has 0 aliphatic heterocycles. The van der Waals surface area contributed by atoms with Crippen molar-refractivity contribution in [3.05, 3.63) is 45.6 Å². The summed E-state index contributed by atoms with van der Waals surface area (Å²) in [6, 6.07) is 10.4. The van der Waals surface area contributed by atoms with Gasteiger partial charge in [0.25, 0.3) is 0 Å². The summed E-state index contributed by atoms with van der Waals surface area (Å²) in [7, 11) is 0. The zero-order chi connectivity index (χ0) is 13.2. The summed E-state index contributed by atoms with van der Waals surface area (Å²) in [6.07, 6.45) is 1.03. The minimum Gasteiger partial charge on any atom is -0.354 e. The number of benzene rings is 1. The van der Waals surface area contributed by atoms with E-state index < -0.39 is 0 Å². The van der Waals surface area contributed by atoms with Crippen LogP contribution in [0.3, 0.4) is 0 Å². The zero-order valence-corrected chi connectivity index (χ0v) is 12.8. The molecule has 1 atom stereocenters. The molecule has 3 rings (SSSR count). The van der Waals surface area contributed by atoms with Crippen molar-refractivity contribution in [2.45, 2.75) is 19.4 Å². The van der Waals surface area contributed by atoms with E-state index in [0.29, 0.717) is 6.04 Å². The van der Waals surface area contributed by atoms with Crippen LogP contribution < -0.4 is 5.32 Å². The molecule has 0 fully saturated rings. The number of thiophene rings is 1. The van der Waals surface area contributed by atoms with E-state index in [1.165, 1.54) is 4.88 Å². The summed E-state index contributed by atoms with van der Waals surface area (Å²) in [5.41, 5.74) is 0.959. The molecule has 2 aromatic heterocycles. The number of fused-ring (bicyclic) bond motifs is 1. The van der Waals surface area contributed by atoms with Gasteiger partial charge in [0.2, 0.25) is 0 Å². The van der Waals surface area contributed by atoms with Crippen LogP contribution in [0.15, 0.2) is 35.7 Å². The average Bonchev–Trinajstić information content (AvgIpc) is 3.05. The maximum Gasteiger partial charge on any atom is 0.184 e. The van der Waals surface area contributed by atoms with E-state index in [1.807, 2.05) is 18.2 Å². The molecule has 1 unspecified atom stereocenters. The highest BCUT2D eigenvalue weighted by molar-refractivity contribution is 7.22. The van der Waals surface area contributed by atoms with Gasteiger partial charge in [-0.2, -0.15) is 0 Å². The van der Waals surface area contributed by atoms with Gasteiger partial charge in [0.15, 0.2) is 5.13 Å². The first-order valence-corrected chi connectivity index (χ1v) is 8.20. The van der Waals surface area contributed by atoms with Crippen LogP contribution in [0.25, 0.3) is 10.2 Å². The van der Waals surface area contributed by atoms with E-state index in [2.05, 4.69) is 34.7 Å². The maximum absolute atomic E-state index is 6.19. The van der Waals surface area contributed by atoms with E-state index in [0.717, 1.165) is 26.8 Å². The van der Waals surface area contributed by atoms with Crippen LogP contribution in [0.4, 0.5) is 5.13 Å². The lowest BCUT2D eigenvalue weighted by molar-refractivity contribution is 0.763. The fraction of sp³-hybridized carbons (Fsp3) is 0.214. The molecule has 98 valence electrons. The Bertz CT molecular complexity index is 676. The van der Waals surface area contributed by atoms with Gasteiger partial charge in [-0.25, -0.2) is 4.98 Å². The molecule has 2 heterocycles. The Kier molecular flexibility index (Phi) is 3.73. The van der Waals surface area contributed by atoms with Crippen molar-refractivity contribution < 1.29 is 0 Å². The third kappa shape index (κ3) is 2.61. The Balaban J connectivity index is 1.90. The largest absolute Gasteiger partial charge is 0.354 e. The van der Waals surface area contributed by atoms with Crippen LogP contribution in [-0.4, -0.2) is 4.98 Å². The van der Waals surface area contributed by atoms with Crippen molar-refractivity contribution in [1.82, 2.24) is 4.98 Å². The number of rotatable bonds is 4. The standard InChI is InChI=1S/C14H13ClN2S2/c1-2-10(12-7-4-8-18-12)16-14-17-11-6-3-5-9(15)13(11)19-14/h3-8,10H,2H2,1H3,(H,16,17). The third-order valence-electron chi connectivity index (χ3n) is 2.96. The number of aromatic nitrogens is 1. The number of nitrogens with one attached hydrogen (secondary N) is 1. The molecule has 0 aliphatic rings. The normalized spacial score (nSPS) is 12.7. The fourth-order valence-corrected chi connectivity index (χ4v) is 4.06. The Labute approximate surface area is 125 Å². The molecular formula is C14H13ClN2S2. The molecule has 0 bridgehead atoms. The lowest BCUT2D eigenvalue weighted by atomic mass is 10.2. The topological polar surface area (TPSA) is 24.9 Å². The number of thiazole rings is 1. The van der Waals surface area contributed by atoms with Gasteiger partial charge in [0.05, 0.1) is 21.3 Å². The highest BCUT2D eigenvalue weighted by Crippen LogP contribution is 2.34. The van der Waals surface area contributed by atoms with Gasteiger partial charge < -0.3 is 5.32 Å². The first-order chi connectivity index (χ1) is 9.28. The summed E-state index contributed by atoms with van der Waals surface area (Å²) < 4.78 is 1.05. The van der Waals surface area contributed by atoms with Gasteiger partial charge in [-0.15, -0.1) is 11.3 Å². The molecule has 3 aromatic rings. The Morgan fingerprint density at radius 3 is 2.89 bits per heavy atom. The second-order valence-corrected chi connectivity index (χ2v) is 6.61. The van der Waals surface area contributed by atoms with Gasteiger partial charge >= 0.3 is 0 Å². The molecule has 0 aliphatic carbocycles. The predicted octanol–water partition coefficient (Wildman–Crippen LogP) is 5.57. The summed E-state index contributed by atoms with van der Waals surface area (Å²) in [4.78, 5) is 5.94. The lowest BCUT2D eigenvalue weighted by Gasteiger charge is -2.13. The molecule has 1 aromatic carbocycles. The van der Waals surface area contributed by atoms with Gasteiger partial charge in [0.1, 0.15) is 0 Å². The Morgan fingerprint density at radius 1 is 1.32 bits per heavy atom. The lowest BCUT2D eigenvalue weighted by Crippen LogP contribution is -2.07. The molecule has 5 heteroatoms. The molecule has 0 spiro atoms.